The minimum atomic E-state index is -1.06. The number of nitrogens with zero attached hydrogens (tertiary/aromatic N) is 3. The Hall–Kier alpha value is -4.09. The lowest BCUT2D eigenvalue weighted by Gasteiger charge is -2.22. The fraction of sp³-hybridized carbons (Fsp3) is 0.143. The van der Waals surface area contributed by atoms with E-state index in [-0.39, 0.29) is 22.3 Å². The number of aliphatic hydroxyl groups excluding tert-OH is 1. The van der Waals surface area contributed by atoms with Gasteiger partial charge in [0.25, 0.3) is 5.78 Å². The Labute approximate surface area is 230 Å². The number of carbonyl (C=O) groups is 2. The highest BCUT2D eigenvalue weighted by Crippen LogP contribution is 2.44. The fourth-order valence-corrected chi connectivity index (χ4v) is 5.93. The summed E-state index contributed by atoms with van der Waals surface area (Å²) in [5, 5.41) is 19.7. The molecule has 1 saturated heterocycles. The molecule has 1 N–H and O–H groups in total. The number of aliphatic hydroxyl groups is 1. The first-order valence-corrected chi connectivity index (χ1v) is 13.7. The van der Waals surface area contributed by atoms with E-state index in [9.17, 15) is 23.5 Å². The first-order chi connectivity index (χ1) is 18.9. The summed E-state index contributed by atoms with van der Waals surface area (Å²) in [4.78, 5) is 27.8. The number of benzene rings is 3. The van der Waals surface area contributed by atoms with Crippen molar-refractivity contribution in [3.05, 3.63) is 107 Å². The molecular formula is C28H21F2N3O4S2. The van der Waals surface area contributed by atoms with E-state index in [0.717, 1.165) is 16.9 Å². The molecule has 198 valence electrons. The van der Waals surface area contributed by atoms with Crippen LogP contribution >= 0.6 is 23.1 Å². The van der Waals surface area contributed by atoms with Gasteiger partial charge in [0.2, 0.25) is 5.13 Å². The van der Waals surface area contributed by atoms with Crippen LogP contribution in [-0.4, -0.2) is 33.6 Å². The van der Waals surface area contributed by atoms with Crippen molar-refractivity contribution >= 4 is 45.7 Å². The summed E-state index contributed by atoms with van der Waals surface area (Å²) in [6.07, 6.45) is 0. The maximum absolute atomic E-state index is 13.8. The van der Waals surface area contributed by atoms with Crippen LogP contribution in [0.25, 0.3) is 5.76 Å². The standard InChI is InChI=1S/C28H21F2N3O4S2/c1-2-37-21-13-7-18(8-14-21)24(34)22-23(17-5-11-20(30)12-6-17)33(26(36)25(22)35)27-31-32-28(39-27)38-15-16-3-9-19(29)10-4-16/h3-14,23,34H,2,15H2,1H3/b24-22-. The number of halogens is 2. The molecule has 1 aromatic heterocycles. The number of ether oxygens (including phenoxy) is 1. The van der Waals surface area contributed by atoms with E-state index in [4.69, 9.17) is 4.74 Å². The lowest BCUT2D eigenvalue weighted by molar-refractivity contribution is -0.132. The first kappa shape index (κ1) is 26.5. The third-order valence-electron chi connectivity index (χ3n) is 5.95. The van der Waals surface area contributed by atoms with Crippen molar-refractivity contribution < 1.29 is 28.2 Å². The maximum atomic E-state index is 13.8. The summed E-state index contributed by atoms with van der Waals surface area (Å²) in [5.74, 6) is -1.89. The van der Waals surface area contributed by atoms with Gasteiger partial charge in [-0.2, -0.15) is 0 Å². The molecule has 1 atom stereocenters. The normalized spacial score (nSPS) is 16.6. The Morgan fingerprint density at radius 2 is 1.62 bits per heavy atom. The van der Waals surface area contributed by atoms with E-state index in [1.165, 1.54) is 53.1 Å². The quantitative estimate of drug-likeness (QED) is 0.0903. The topological polar surface area (TPSA) is 92.6 Å². The van der Waals surface area contributed by atoms with Gasteiger partial charge in [-0.05, 0) is 66.6 Å². The minimum Gasteiger partial charge on any atom is -0.507 e. The SMILES string of the molecule is CCOc1ccc(/C(O)=C2/C(=O)C(=O)N(c3nnc(SCc4ccc(F)cc4)s3)C2c2ccc(F)cc2)cc1. The fourth-order valence-electron chi connectivity index (χ4n) is 4.11. The van der Waals surface area contributed by atoms with Gasteiger partial charge in [0, 0.05) is 11.3 Å². The van der Waals surface area contributed by atoms with Crippen molar-refractivity contribution in [1.29, 1.82) is 0 Å². The zero-order chi connectivity index (χ0) is 27.5. The molecule has 3 aromatic carbocycles. The predicted molar refractivity (Wildman–Crippen MR) is 145 cm³/mol. The molecule has 1 aliphatic rings. The van der Waals surface area contributed by atoms with Crippen LogP contribution in [0.2, 0.25) is 0 Å². The highest BCUT2D eigenvalue weighted by atomic mass is 32.2. The van der Waals surface area contributed by atoms with Crippen molar-refractivity contribution in [2.45, 2.75) is 23.1 Å². The predicted octanol–water partition coefficient (Wildman–Crippen LogP) is 6.13. The van der Waals surface area contributed by atoms with Crippen molar-refractivity contribution in [2.24, 2.45) is 0 Å². The number of anilines is 1. The number of ketones is 1. The van der Waals surface area contributed by atoms with E-state index in [1.807, 2.05) is 6.92 Å². The summed E-state index contributed by atoms with van der Waals surface area (Å²) in [5.41, 5.74) is 1.46. The number of carbonyl (C=O) groups excluding carboxylic acids is 2. The summed E-state index contributed by atoms with van der Waals surface area (Å²) in [7, 11) is 0. The van der Waals surface area contributed by atoms with E-state index in [0.29, 0.717) is 33.6 Å². The molecule has 7 nitrogen and oxygen atoms in total. The minimum absolute atomic E-state index is 0.147. The van der Waals surface area contributed by atoms with Gasteiger partial charge in [0.05, 0.1) is 18.2 Å². The summed E-state index contributed by atoms with van der Waals surface area (Å²) in [6, 6.07) is 16.8. The first-order valence-electron chi connectivity index (χ1n) is 11.9. The molecule has 4 aromatic rings. The van der Waals surface area contributed by atoms with Crippen LogP contribution in [0, 0.1) is 11.6 Å². The van der Waals surface area contributed by atoms with Gasteiger partial charge in [0.15, 0.2) is 4.34 Å². The van der Waals surface area contributed by atoms with Crippen LogP contribution < -0.4 is 9.64 Å². The molecule has 1 amide bonds. The van der Waals surface area contributed by atoms with E-state index >= 15 is 0 Å². The Kier molecular flexibility index (Phi) is 7.71. The molecule has 11 heteroatoms. The lowest BCUT2D eigenvalue weighted by Crippen LogP contribution is -2.29. The Morgan fingerprint density at radius 3 is 2.26 bits per heavy atom. The van der Waals surface area contributed by atoms with Crippen LogP contribution in [0.4, 0.5) is 13.9 Å². The molecule has 1 fully saturated rings. The van der Waals surface area contributed by atoms with Gasteiger partial charge in [0.1, 0.15) is 23.1 Å². The highest BCUT2D eigenvalue weighted by molar-refractivity contribution is 8.00. The zero-order valence-corrected chi connectivity index (χ0v) is 22.1. The molecule has 0 bridgehead atoms. The van der Waals surface area contributed by atoms with Crippen LogP contribution in [0.15, 0.2) is 82.7 Å². The Balaban J connectivity index is 1.51. The van der Waals surface area contributed by atoms with Crippen LogP contribution in [0.5, 0.6) is 5.75 Å². The molecule has 0 spiro atoms. The summed E-state index contributed by atoms with van der Waals surface area (Å²) in [6.45, 7) is 2.31. The molecule has 0 radical (unpaired) electrons. The molecule has 1 aliphatic heterocycles. The van der Waals surface area contributed by atoms with E-state index in [2.05, 4.69) is 10.2 Å². The van der Waals surface area contributed by atoms with Crippen LogP contribution in [-0.2, 0) is 15.3 Å². The van der Waals surface area contributed by atoms with Crippen LogP contribution in [0.3, 0.4) is 0 Å². The number of aromatic nitrogens is 2. The van der Waals surface area contributed by atoms with Crippen molar-refractivity contribution in [1.82, 2.24) is 10.2 Å². The smallest absolute Gasteiger partial charge is 0.301 e. The highest BCUT2D eigenvalue weighted by Gasteiger charge is 2.48. The number of hydrogen-bond donors (Lipinski definition) is 1. The van der Waals surface area contributed by atoms with Gasteiger partial charge in [-0.3, -0.25) is 14.5 Å². The molecule has 0 saturated carbocycles. The maximum Gasteiger partial charge on any atom is 0.301 e. The summed E-state index contributed by atoms with van der Waals surface area (Å²) < 4.78 is 32.9. The number of rotatable bonds is 8. The van der Waals surface area contributed by atoms with Crippen LogP contribution in [0.1, 0.15) is 29.7 Å². The Bertz CT molecular complexity index is 1540. The molecule has 39 heavy (non-hydrogen) atoms. The number of Topliss-reactive ketones (excluding diaryl/α,β-unsaturated/α-hetero) is 1. The van der Waals surface area contributed by atoms with E-state index in [1.54, 1.807) is 36.4 Å². The molecule has 2 heterocycles. The van der Waals surface area contributed by atoms with Gasteiger partial charge >= 0.3 is 5.91 Å². The third kappa shape index (κ3) is 5.55. The molecule has 1 unspecified atom stereocenters. The number of amides is 1. The average Bonchev–Trinajstić information content (AvgIpc) is 3.51. The second-order valence-electron chi connectivity index (χ2n) is 8.44. The van der Waals surface area contributed by atoms with Crippen molar-refractivity contribution in [3.63, 3.8) is 0 Å². The molecular weight excluding hydrogens is 544 g/mol. The van der Waals surface area contributed by atoms with Gasteiger partial charge in [-0.1, -0.05) is 47.4 Å². The number of thioether (sulfide) groups is 1. The van der Waals surface area contributed by atoms with Crippen molar-refractivity contribution in [3.8, 4) is 5.75 Å². The molecule has 5 rings (SSSR count). The van der Waals surface area contributed by atoms with Gasteiger partial charge in [-0.25, -0.2) is 8.78 Å². The monoisotopic (exact) mass is 565 g/mol. The van der Waals surface area contributed by atoms with E-state index < -0.39 is 23.5 Å². The lowest BCUT2D eigenvalue weighted by atomic mass is 9.95. The third-order valence-corrected chi connectivity index (χ3v) is 8.07. The van der Waals surface area contributed by atoms with Gasteiger partial charge in [-0.15, -0.1) is 10.2 Å². The van der Waals surface area contributed by atoms with Gasteiger partial charge < -0.3 is 9.84 Å². The second kappa shape index (κ2) is 11.3. The zero-order valence-electron chi connectivity index (χ0n) is 20.5. The largest absolute Gasteiger partial charge is 0.507 e. The molecule has 0 aliphatic carbocycles. The average molecular weight is 566 g/mol. The Morgan fingerprint density at radius 1 is 0.974 bits per heavy atom. The second-order valence-corrected chi connectivity index (χ2v) is 10.6. The number of hydrogen-bond acceptors (Lipinski definition) is 8. The van der Waals surface area contributed by atoms with Crippen molar-refractivity contribution in [2.75, 3.05) is 11.5 Å². The summed E-state index contributed by atoms with van der Waals surface area (Å²) >= 11 is 2.45.